The quantitative estimate of drug-likeness (QED) is 0.851. The van der Waals surface area contributed by atoms with Gasteiger partial charge in [-0.2, -0.15) is 0 Å². The van der Waals surface area contributed by atoms with Crippen LogP contribution in [0.1, 0.15) is 50.9 Å². The van der Waals surface area contributed by atoms with Crippen LogP contribution in [0, 0.1) is 5.41 Å². The number of likely N-dealkylation sites (tertiary alicyclic amines) is 2. The Labute approximate surface area is 150 Å². The van der Waals surface area contributed by atoms with E-state index in [1.165, 1.54) is 0 Å². The van der Waals surface area contributed by atoms with Crippen LogP contribution in [-0.4, -0.2) is 63.1 Å². The average molecular weight is 346 g/mol. The minimum atomic E-state index is -0.652. The van der Waals surface area contributed by atoms with Crippen molar-refractivity contribution >= 4 is 5.97 Å². The predicted molar refractivity (Wildman–Crippen MR) is 96.3 cm³/mol. The molecular weight excluding hydrogens is 316 g/mol. The van der Waals surface area contributed by atoms with Crippen LogP contribution in [-0.2, 0) is 17.8 Å². The Morgan fingerprint density at radius 2 is 1.96 bits per heavy atom. The standard InChI is InChI=1S/C19H30N4O2/c1-3-7-23-14-19(10-16(23)18(24)25)5-8-22(9-6-19)13-15-11-20-17(4-2)21-12-15/h11-12,16H,3-10,13-14H2,1-2H3,(H,24,25). The zero-order chi connectivity index (χ0) is 17.9. The maximum atomic E-state index is 11.6. The lowest BCUT2D eigenvalue weighted by molar-refractivity contribution is -0.142. The van der Waals surface area contributed by atoms with Gasteiger partial charge in [-0.05, 0) is 50.7 Å². The fraction of sp³-hybridized carbons (Fsp3) is 0.737. The number of aryl methyl sites for hydroxylation is 1. The van der Waals surface area contributed by atoms with E-state index in [1.807, 2.05) is 12.4 Å². The largest absolute Gasteiger partial charge is 0.480 e. The van der Waals surface area contributed by atoms with E-state index in [4.69, 9.17) is 0 Å². The summed E-state index contributed by atoms with van der Waals surface area (Å²) in [5.74, 6) is 0.240. The Morgan fingerprint density at radius 3 is 2.52 bits per heavy atom. The van der Waals surface area contributed by atoms with Crippen LogP contribution < -0.4 is 0 Å². The second-order valence-corrected chi connectivity index (χ2v) is 7.67. The summed E-state index contributed by atoms with van der Waals surface area (Å²) in [6.45, 7) is 8.97. The molecule has 0 amide bonds. The van der Waals surface area contributed by atoms with Crippen LogP contribution in [0.15, 0.2) is 12.4 Å². The average Bonchev–Trinajstić information content (AvgIpc) is 2.97. The van der Waals surface area contributed by atoms with E-state index >= 15 is 0 Å². The SMILES string of the molecule is CCCN1CC2(CCN(Cc3cnc(CC)nc3)CC2)CC1C(=O)O. The highest BCUT2D eigenvalue weighted by Crippen LogP contribution is 2.43. The van der Waals surface area contributed by atoms with E-state index in [0.29, 0.717) is 0 Å². The second kappa shape index (κ2) is 7.79. The number of carboxylic acids is 1. The molecule has 2 fully saturated rings. The maximum absolute atomic E-state index is 11.6. The van der Waals surface area contributed by atoms with Crippen molar-refractivity contribution in [3.8, 4) is 0 Å². The van der Waals surface area contributed by atoms with Crippen molar-refractivity contribution in [3.63, 3.8) is 0 Å². The highest BCUT2D eigenvalue weighted by Gasteiger charge is 2.47. The highest BCUT2D eigenvalue weighted by atomic mass is 16.4. The molecule has 6 nitrogen and oxygen atoms in total. The predicted octanol–water partition coefficient (Wildman–Crippen LogP) is 2.19. The van der Waals surface area contributed by atoms with Gasteiger partial charge in [-0.3, -0.25) is 14.6 Å². The van der Waals surface area contributed by atoms with Crippen molar-refractivity contribution in [1.82, 2.24) is 19.8 Å². The number of piperidine rings is 1. The van der Waals surface area contributed by atoms with Gasteiger partial charge in [0.15, 0.2) is 0 Å². The molecule has 138 valence electrons. The molecule has 3 rings (SSSR count). The van der Waals surface area contributed by atoms with Gasteiger partial charge in [0.25, 0.3) is 0 Å². The molecule has 1 aromatic heterocycles. The van der Waals surface area contributed by atoms with Crippen molar-refractivity contribution in [1.29, 1.82) is 0 Å². The first-order valence-corrected chi connectivity index (χ1v) is 9.54. The van der Waals surface area contributed by atoms with Crippen molar-refractivity contribution in [2.45, 2.75) is 58.5 Å². The van der Waals surface area contributed by atoms with E-state index < -0.39 is 5.97 Å². The molecule has 1 aromatic rings. The first kappa shape index (κ1) is 18.3. The lowest BCUT2D eigenvalue weighted by atomic mass is 9.76. The Hall–Kier alpha value is -1.53. The summed E-state index contributed by atoms with van der Waals surface area (Å²) < 4.78 is 0. The number of nitrogens with zero attached hydrogens (tertiary/aromatic N) is 4. The van der Waals surface area contributed by atoms with Gasteiger partial charge < -0.3 is 5.11 Å². The smallest absolute Gasteiger partial charge is 0.320 e. The van der Waals surface area contributed by atoms with E-state index in [1.54, 1.807) is 0 Å². The minimum Gasteiger partial charge on any atom is -0.480 e. The number of hydrogen-bond acceptors (Lipinski definition) is 5. The number of aliphatic carboxylic acids is 1. The first-order chi connectivity index (χ1) is 12.0. The summed E-state index contributed by atoms with van der Waals surface area (Å²) in [7, 11) is 0. The Bertz CT molecular complexity index is 582. The zero-order valence-corrected chi connectivity index (χ0v) is 15.4. The van der Waals surface area contributed by atoms with Gasteiger partial charge >= 0.3 is 5.97 Å². The maximum Gasteiger partial charge on any atom is 0.320 e. The first-order valence-electron chi connectivity index (χ1n) is 9.54. The van der Waals surface area contributed by atoms with Gasteiger partial charge in [0, 0.05) is 37.5 Å². The molecule has 0 aromatic carbocycles. The molecule has 1 unspecified atom stereocenters. The van der Waals surface area contributed by atoms with Crippen molar-refractivity contribution in [2.75, 3.05) is 26.2 Å². The molecule has 6 heteroatoms. The Kier molecular flexibility index (Phi) is 5.69. The van der Waals surface area contributed by atoms with Crippen molar-refractivity contribution < 1.29 is 9.90 Å². The summed E-state index contributed by atoms with van der Waals surface area (Å²) in [4.78, 5) is 25.0. The monoisotopic (exact) mass is 346 g/mol. The molecule has 25 heavy (non-hydrogen) atoms. The van der Waals surface area contributed by atoms with E-state index in [2.05, 4.69) is 33.6 Å². The molecule has 3 heterocycles. The molecule has 0 bridgehead atoms. The van der Waals surface area contributed by atoms with E-state index in [9.17, 15) is 9.90 Å². The summed E-state index contributed by atoms with van der Waals surface area (Å²) in [6.07, 6.45) is 8.75. The number of carboxylic acid groups (broad SMARTS) is 1. The molecule has 1 spiro atoms. The normalized spacial score (nSPS) is 24.0. The molecule has 2 aliphatic heterocycles. The summed E-state index contributed by atoms with van der Waals surface area (Å²) in [6, 6.07) is -0.290. The van der Waals surface area contributed by atoms with E-state index in [0.717, 1.165) is 76.2 Å². The summed E-state index contributed by atoms with van der Waals surface area (Å²) in [5, 5.41) is 9.55. The molecule has 2 saturated heterocycles. The molecule has 0 radical (unpaired) electrons. The zero-order valence-electron chi connectivity index (χ0n) is 15.4. The highest BCUT2D eigenvalue weighted by molar-refractivity contribution is 5.74. The third-order valence-corrected chi connectivity index (χ3v) is 5.80. The van der Waals surface area contributed by atoms with Gasteiger partial charge in [0.2, 0.25) is 0 Å². The summed E-state index contributed by atoms with van der Waals surface area (Å²) in [5.41, 5.74) is 1.35. The summed E-state index contributed by atoms with van der Waals surface area (Å²) >= 11 is 0. The molecule has 1 atom stereocenters. The Morgan fingerprint density at radius 1 is 1.28 bits per heavy atom. The van der Waals surface area contributed by atoms with Crippen molar-refractivity contribution in [2.24, 2.45) is 5.41 Å². The molecular formula is C19H30N4O2. The lowest BCUT2D eigenvalue weighted by Crippen LogP contribution is -2.41. The van der Waals surface area contributed by atoms with Gasteiger partial charge in [-0.1, -0.05) is 13.8 Å². The topological polar surface area (TPSA) is 69.6 Å². The fourth-order valence-electron chi connectivity index (χ4n) is 4.36. The molecule has 2 aliphatic rings. The van der Waals surface area contributed by atoms with Crippen molar-refractivity contribution in [3.05, 3.63) is 23.8 Å². The van der Waals surface area contributed by atoms with Gasteiger partial charge in [0.1, 0.15) is 11.9 Å². The number of aromatic nitrogens is 2. The third-order valence-electron chi connectivity index (χ3n) is 5.80. The fourth-order valence-corrected chi connectivity index (χ4v) is 4.36. The van der Waals surface area contributed by atoms with Gasteiger partial charge in [-0.25, -0.2) is 9.97 Å². The van der Waals surface area contributed by atoms with Crippen LogP contribution in [0.25, 0.3) is 0 Å². The molecule has 0 aliphatic carbocycles. The van der Waals surface area contributed by atoms with Gasteiger partial charge in [0.05, 0.1) is 0 Å². The number of rotatable bonds is 6. The lowest BCUT2D eigenvalue weighted by Gasteiger charge is -2.39. The number of carbonyl (C=O) groups is 1. The van der Waals surface area contributed by atoms with Crippen LogP contribution in [0.3, 0.4) is 0 Å². The van der Waals surface area contributed by atoms with E-state index in [-0.39, 0.29) is 11.5 Å². The second-order valence-electron chi connectivity index (χ2n) is 7.67. The Balaban J connectivity index is 1.56. The van der Waals surface area contributed by atoms with Gasteiger partial charge in [-0.15, -0.1) is 0 Å². The van der Waals surface area contributed by atoms with Crippen LogP contribution in [0.4, 0.5) is 0 Å². The minimum absolute atomic E-state index is 0.192. The number of hydrogen-bond donors (Lipinski definition) is 1. The van der Waals surface area contributed by atoms with Crippen LogP contribution in [0.5, 0.6) is 0 Å². The van der Waals surface area contributed by atoms with Crippen LogP contribution in [0.2, 0.25) is 0 Å². The third kappa shape index (κ3) is 4.18. The molecule has 0 saturated carbocycles. The molecule has 1 N–H and O–H groups in total. The van der Waals surface area contributed by atoms with Crippen LogP contribution >= 0.6 is 0 Å².